The number of aryl methyl sites for hydroxylation is 1. The van der Waals surface area contributed by atoms with Crippen molar-refractivity contribution in [1.82, 2.24) is 14.6 Å². The predicted molar refractivity (Wildman–Crippen MR) is 118 cm³/mol. The summed E-state index contributed by atoms with van der Waals surface area (Å²) in [6, 6.07) is 14.8. The average molecular weight is 424 g/mol. The molecule has 1 amide bonds. The number of H-pyrrole nitrogens is 1. The summed E-state index contributed by atoms with van der Waals surface area (Å²) in [5, 5.41) is 1.19. The summed E-state index contributed by atoms with van der Waals surface area (Å²) in [6.07, 6.45) is 5.03. The zero-order valence-corrected chi connectivity index (χ0v) is 17.7. The number of fused-ring (bicyclic) bond motifs is 1. The van der Waals surface area contributed by atoms with Crippen molar-refractivity contribution >= 4 is 32.4 Å². The Morgan fingerprint density at radius 2 is 1.90 bits per heavy atom. The van der Waals surface area contributed by atoms with E-state index in [1.807, 2.05) is 25.3 Å². The maximum absolute atomic E-state index is 12.5. The van der Waals surface area contributed by atoms with Crippen LogP contribution in [0, 0.1) is 6.92 Å². The third-order valence-corrected chi connectivity index (χ3v) is 6.94. The van der Waals surface area contributed by atoms with E-state index in [0.717, 1.165) is 17.5 Å². The fraction of sp³-hybridized carbons (Fsp3) is 0.261. The highest BCUT2D eigenvalue weighted by molar-refractivity contribution is 7.89. The van der Waals surface area contributed by atoms with Gasteiger partial charge in [-0.1, -0.05) is 42.0 Å². The molecule has 30 heavy (non-hydrogen) atoms. The van der Waals surface area contributed by atoms with Crippen molar-refractivity contribution in [1.29, 1.82) is 0 Å². The summed E-state index contributed by atoms with van der Waals surface area (Å²) < 4.78 is 27.2. The van der Waals surface area contributed by atoms with Crippen LogP contribution in [0.1, 0.15) is 24.0 Å². The molecule has 0 atom stereocenters. The number of nitrogens with zero attached hydrogens (tertiary/aromatic N) is 1. The number of amides is 1. The van der Waals surface area contributed by atoms with Crippen LogP contribution in [0.15, 0.2) is 65.7 Å². The average Bonchev–Trinajstić information content (AvgIpc) is 3.18. The maximum atomic E-state index is 12.5. The summed E-state index contributed by atoms with van der Waals surface area (Å²) >= 11 is 0. The Balaban J connectivity index is 1.33. The summed E-state index contributed by atoms with van der Waals surface area (Å²) in [6.45, 7) is 3.16. The number of hydrogen-bond acceptors (Lipinski definition) is 3. The molecule has 3 aromatic rings. The van der Waals surface area contributed by atoms with E-state index in [0.29, 0.717) is 13.1 Å². The van der Waals surface area contributed by atoms with E-state index < -0.39 is 10.0 Å². The predicted octanol–water partition coefficient (Wildman–Crippen LogP) is 3.46. The van der Waals surface area contributed by atoms with Crippen LogP contribution < -0.4 is 4.72 Å². The van der Waals surface area contributed by atoms with E-state index in [1.54, 1.807) is 29.2 Å². The molecule has 0 radical (unpaired) electrons. The van der Waals surface area contributed by atoms with Crippen molar-refractivity contribution < 1.29 is 13.2 Å². The van der Waals surface area contributed by atoms with Gasteiger partial charge in [0.15, 0.2) is 0 Å². The van der Waals surface area contributed by atoms with Crippen molar-refractivity contribution in [2.24, 2.45) is 0 Å². The molecule has 0 bridgehead atoms. The van der Waals surface area contributed by atoms with Gasteiger partial charge in [0.1, 0.15) is 0 Å². The minimum absolute atomic E-state index is 0.0455. The first-order valence-electron chi connectivity index (χ1n) is 10.0. The molecule has 2 aromatic carbocycles. The standard InChI is InChI=1S/C23H25N3O3S/c1-17-6-8-19(9-7-17)30(28,29)25-13-10-23(27)26-14-11-18(12-15-26)21-16-24-22-5-3-2-4-20(21)22/h2-9,11,16,24-25H,10,12-15H2,1H3. The third kappa shape index (κ3) is 4.32. The SMILES string of the molecule is Cc1ccc(S(=O)(=O)NCCC(=O)N2CC=C(c3c[nH]c4ccccc34)CC2)cc1. The number of aromatic nitrogens is 1. The minimum Gasteiger partial charge on any atom is -0.361 e. The lowest BCUT2D eigenvalue weighted by Crippen LogP contribution is -2.37. The van der Waals surface area contributed by atoms with E-state index in [2.05, 4.69) is 27.9 Å². The van der Waals surface area contributed by atoms with E-state index in [-0.39, 0.29) is 23.8 Å². The first-order valence-corrected chi connectivity index (χ1v) is 11.5. The van der Waals surface area contributed by atoms with Crippen LogP contribution in [-0.2, 0) is 14.8 Å². The first kappa shape index (κ1) is 20.4. The number of hydrogen-bond donors (Lipinski definition) is 2. The minimum atomic E-state index is -3.60. The molecular formula is C23H25N3O3S. The van der Waals surface area contributed by atoms with Crippen molar-refractivity contribution in [3.8, 4) is 0 Å². The van der Waals surface area contributed by atoms with E-state index in [1.165, 1.54) is 16.5 Å². The summed E-state index contributed by atoms with van der Waals surface area (Å²) in [5.41, 5.74) is 4.52. The monoisotopic (exact) mass is 423 g/mol. The highest BCUT2D eigenvalue weighted by Gasteiger charge is 2.20. The van der Waals surface area contributed by atoms with Crippen LogP contribution in [0.5, 0.6) is 0 Å². The van der Waals surface area contributed by atoms with Crippen molar-refractivity contribution in [2.45, 2.75) is 24.7 Å². The highest BCUT2D eigenvalue weighted by atomic mass is 32.2. The van der Waals surface area contributed by atoms with Gasteiger partial charge in [0.2, 0.25) is 15.9 Å². The second kappa shape index (κ2) is 8.45. The van der Waals surface area contributed by atoms with E-state index >= 15 is 0 Å². The number of benzene rings is 2. The molecule has 1 aliphatic rings. The van der Waals surface area contributed by atoms with Gasteiger partial charge in [-0.15, -0.1) is 0 Å². The summed E-state index contributed by atoms with van der Waals surface area (Å²) in [4.78, 5) is 17.8. The van der Waals surface area contributed by atoms with Gasteiger partial charge in [-0.05, 0) is 37.1 Å². The number of nitrogens with one attached hydrogen (secondary N) is 2. The maximum Gasteiger partial charge on any atom is 0.240 e. The molecule has 156 valence electrons. The van der Waals surface area contributed by atoms with Crippen molar-refractivity contribution in [3.05, 3.63) is 71.9 Å². The third-order valence-electron chi connectivity index (χ3n) is 5.46. The number of sulfonamides is 1. The van der Waals surface area contributed by atoms with Crippen LogP contribution in [0.4, 0.5) is 0 Å². The summed E-state index contributed by atoms with van der Waals surface area (Å²) in [7, 11) is -3.60. The van der Waals surface area contributed by atoms with Crippen LogP contribution in [0.25, 0.3) is 16.5 Å². The topological polar surface area (TPSA) is 82.3 Å². The first-order chi connectivity index (χ1) is 14.4. The Hall–Kier alpha value is -2.90. The molecule has 2 heterocycles. The highest BCUT2D eigenvalue weighted by Crippen LogP contribution is 2.29. The fourth-order valence-corrected chi connectivity index (χ4v) is 4.76. The molecule has 0 unspecified atom stereocenters. The fourth-order valence-electron chi connectivity index (χ4n) is 3.73. The normalized spacial score (nSPS) is 14.7. The Bertz CT molecular complexity index is 1190. The van der Waals surface area contributed by atoms with E-state index in [4.69, 9.17) is 0 Å². The number of carbonyl (C=O) groups is 1. The molecule has 0 saturated heterocycles. The molecule has 7 heteroatoms. The van der Waals surface area contributed by atoms with Gasteiger partial charge >= 0.3 is 0 Å². The van der Waals surface area contributed by atoms with Gasteiger partial charge in [0, 0.05) is 48.7 Å². The molecule has 0 fully saturated rings. The van der Waals surface area contributed by atoms with Crippen LogP contribution >= 0.6 is 0 Å². The molecule has 4 rings (SSSR count). The number of rotatable bonds is 6. The van der Waals surface area contributed by atoms with Gasteiger partial charge < -0.3 is 9.88 Å². The van der Waals surface area contributed by atoms with Crippen molar-refractivity contribution in [2.75, 3.05) is 19.6 Å². The van der Waals surface area contributed by atoms with Gasteiger partial charge in [0.05, 0.1) is 4.90 Å². The van der Waals surface area contributed by atoms with Gasteiger partial charge in [-0.3, -0.25) is 4.79 Å². The molecule has 6 nitrogen and oxygen atoms in total. The molecular weight excluding hydrogens is 398 g/mol. The van der Waals surface area contributed by atoms with E-state index in [9.17, 15) is 13.2 Å². The molecule has 2 N–H and O–H groups in total. The Morgan fingerprint density at radius 3 is 2.63 bits per heavy atom. The molecule has 0 saturated carbocycles. The molecule has 1 aliphatic heterocycles. The Kier molecular flexibility index (Phi) is 5.74. The lowest BCUT2D eigenvalue weighted by molar-refractivity contribution is -0.130. The van der Waals surface area contributed by atoms with Crippen LogP contribution in [0.2, 0.25) is 0 Å². The number of para-hydroxylation sites is 1. The molecule has 0 aliphatic carbocycles. The summed E-state index contributed by atoms with van der Waals surface area (Å²) in [5.74, 6) is -0.0455. The van der Waals surface area contributed by atoms with Gasteiger partial charge in [0.25, 0.3) is 0 Å². The molecule has 0 spiro atoms. The smallest absolute Gasteiger partial charge is 0.240 e. The Labute approximate surface area is 176 Å². The number of carbonyl (C=O) groups excluding carboxylic acids is 1. The zero-order chi connectivity index (χ0) is 21.1. The van der Waals surface area contributed by atoms with Crippen LogP contribution in [-0.4, -0.2) is 43.8 Å². The second-order valence-electron chi connectivity index (χ2n) is 7.53. The number of aromatic amines is 1. The Morgan fingerprint density at radius 1 is 1.13 bits per heavy atom. The van der Waals surface area contributed by atoms with Crippen molar-refractivity contribution in [3.63, 3.8) is 0 Å². The quantitative estimate of drug-likeness (QED) is 0.637. The zero-order valence-electron chi connectivity index (χ0n) is 16.9. The largest absolute Gasteiger partial charge is 0.361 e. The van der Waals surface area contributed by atoms with Gasteiger partial charge in [-0.25, -0.2) is 13.1 Å². The van der Waals surface area contributed by atoms with Gasteiger partial charge in [-0.2, -0.15) is 0 Å². The lowest BCUT2D eigenvalue weighted by Gasteiger charge is -2.26. The lowest BCUT2D eigenvalue weighted by atomic mass is 9.99. The van der Waals surface area contributed by atoms with Crippen LogP contribution in [0.3, 0.4) is 0 Å². The molecule has 1 aromatic heterocycles. The second-order valence-corrected chi connectivity index (χ2v) is 9.29.